The first-order valence-corrected chi connectivity index (χ1v) is 6.34. The second-order valence-corrected chi connectivity index (χ2v) is 5.10. The third kappa shape index (κ3) is 3.30. The standard InChI is InChI=1S/C13H25N3O/c1-6-11-10(8-14-13(3,4)9-17)12(7-2)16(5)15-11/h14,17H,6-9H2,1-5H3. The molecule has 17 heavy (non-hydrogen) atoms. The molecular formula is C13H25N3O. The van der Waals surface area contributed by atoms with Crippen LogP contribution in [0.25, 0.3) is 0 Å². The van der Waals surface area contributed by atoms with E-state index >= 15 is 0 Å². The van der Waals surface area contributed by atoms with Crippen molar-refractivity contribution in [2.24, 2.45) is 7.05 Å². The average Bonchev–Trinajstić information content (AvgIpc) is 2.62. The number of nitrogens with zero attached hydrogens (tertiary/aromatic N) is 2. The van der Waals surface area contributed by atoms with Gasteiger partial charge in [-0.25, -0.2) is 0 Å². The lowest BCUT2D eigenvalue weighted by molar-refractivity contribution is 0.187. The highest BCUT2D eigenvalue weighted by Gasteiger charge is 2.19. The normalized spacial score (nSPS) is 12.1. The summed E-state index contributed by atoms with van der Waals surface area (Å²) in [5.41, 5.74) is 3.49. The largest absolute Gasteiger partial charge is 0.394 e. The van der Waals surface area contributed by atoms with Crippen molar-refractivity contribution in [3.8, 4) is 0 Å². The van der Waals surface area contributed by atoms with Gasteiger partial charge in [-0.1, -0.05) is 13.8 Å². The summed E-state index contributed by atoms with van der Waals surface area (Å²) in [6, 6.07) is 0. The molecule has 0 saturated carbocycles. The molecule has 0 unspecified atom stereocenters. The van der Waals surface area contributed by atoms with Gasteiger partial charge in [0.15, 0.2) is 0 Å². The van der Waals surface area contributed by atoms with Gasteiger partial charge in [-0.05, 0) is 26.7 Å². The fraction of sp³-hybridized carbons (Fsp3) is 0.769. The van der Waals surface area contributed by atoms with Crippen molar-refractivity contribution in [1.82, 2.24) is 15.1 Å². The van der Waals surface area contributed by atoms with Crippen LogP contribution in [-0.2, 0) is 26.4 Å². The van der Waals surface area contributed by atoms with Crippen LogP contribution >= 0.6 is 0 Å². The van der Waals surface area contributed by atoms with E-state index in [1.807, 2.05) is 25.6 Å². The van der Waals surface area contributed by atoms with E-state index in [0.29, 0.717) is 0 Å². The summed E-state index contributed by atoms with van der Waals surface area (Å²) in [7, 11) is 2.00. The van der Waals surface area contributed by atoms with Crippen molar-refractivity contribution in [2.45, 2.75) is 52.6 Å². The zero-order valence-corrected chi connectivity index (χ0v) is 11.7. The minimum atomic E-state index is -0.244. The molecule has 1 rings (SSSR count). The Morgan fingerprint density at radius 2 is 1.94 bits per heavy atom. The van der Waals surface area contributed by atoms with Crippen LogP contribution in [0, 0.1) is 0 Å². The molecule has 0 amide bonds. The van der Waals surface area contributed by atoms with E-state index in [9.17, 15) is 5.11 Å². The van der Waals surface area contributed by atoms with Crippen molar-refractivity contribution >= 4 is 0 Å². The zero-order chi connectivity index (χ0) is 13.1. The Bertz CT molecular complexity index is 369. The molecule has 2 N–H and O–H groups in total. The van der Waals surface area contributed by atoms with Gasteiger partial charge in [-0.15, -0.1) is 0 Å². The van der Waals surface area contributed by atoms with Gasteiger partial charge in [-0.3, -0.25) is 4.68 Å². The van der Waals surface area contributed by atoms with E-state index in [1.165, 1.54) is 11.3 Å². The molecule has 0 atom stereocenters. The zero-order valence-electron chi connectivity index (χ0n) is 11.7. The molecule has 4 nitrogen and oxygen atoms in total. The first-order valence-electron chi connectivity index (χ1n) is 6.34. The summed E-state index contributed by atoms with van der Waals surface area (Å²) >= 11 is 0. The molecule has 1 aromatic rings. The lowest BCUT2D eigenvalue weighted by Crippen LogP contribution is -2.42. The van der Waals surface area contributed by atoms with Crippen molar-refractivity contribution < 1.29 is 5.11 Å². The maximum atomic E-state index is 9.25. The van der Waals surface area contributed by atoms with Crippen LogP contribution in [0.2, 0.25) is 0 Å². The van der Waals surface area contributed by atoms with Gasteiger partial charge in [0.1, 0.15) is 0 Å². The van der Waals surface area contributed by atoms with Gasteiger partial charge in [0.25, 0.3) is 0 Å². The molecule has 0 radical (unpaired) electrons. The molecule has 0 aliphatic rings. The van der Waals surface area contributed by atoms with Crippen LogP contribution in [0.1, 0.15) is 44.6 Å². The average molecular weight is 239 g/mol. The second kappa shape index (κ2) is 5.65. The predicted octanol–water partition coefficient (Wildman–Crippen LogP) is 1.41. The number of aryl methyl sites for hydroxylation is 2. The van der Waals surface area contributed by atoms with Crippen molar-refractivity contribution in [3.63, 3.8) is 0 Å². The third-order valence-electron chi connectivity index (χ3n) is 3.17. The van der Waals surface area contributed by atoms with Gasteiger partial charge >= 0.3 is 0 Å². The van der Waals surface area contributed by atoms with E-state index < -0.39 is 0 Å². The van der Waals surface area contributed by atoms with Gasteiger partial charge < -0.3 is 10.4 Å². The van der Waals surface area contributed by atoms with Crippen LogP contribution in [-0.4, -0.2) is 27.0 Å². The first kappa shape index (κ1) is 14.2. The van der Waals surface area contributed by atoms with E-state index in [1.54, 1.807) is 0 Å². The van der Waals surface area contributed by atoms with E-state index in [4.69, 9.17) is 0 Å². The second-order valence-electron chi connectivity index (χ2n) is 5.10. The molecule has 4 heteroatoms. The number of aliphatic hydroxyl groups is 1. The molecule has 1 aromatic heterocycles. The van der Waals surface area contributed by atoms with E-state index in [-0.39, 0.29) is 12.1 Å². The smallest absolute Gasteiger partial charge is 0.0669 e. The number of hydrogen-bond donors (Lipinski definition) is 2. The summed E-state index contributed by atoms with van der Waals surface area (Å²) in [5.74, 6) is 0. The minimum absolute atomic E-state index is 0.135. The number of nitrogens with one attached hydrogen (secondary N) is 1. The summed E-state index contributed by atoms with van der Waals surface area (Å²) in [6.45, 7) is 9.19. The summed E-state index contributed by atoms with van der Waals surface area (Å²) in [6.07, 6.45) is 1.93. The Hall–Kier alpha value is -0.870. The Balaban J connectivity index is 2.89. The third-order valence-corrected chi connectivity index (χ3v) is 3.17. The van der Waals surface area contributed by atoms with E-state index in [2.05, 4.69) is 24.3 Å². The maximum Gasteiger partial charge on any atom is 0.0669 e. The van der Waals surface area contributed by atoms with Crippen LogP contribution in [0.3, 0.4) is 0 Å². The fourth-order valence-electron chi connectivity index (χ4n) is 1.98. The highest BCUT2D eigenvalue weighted by Crippen LogP contribution is 2.16. The van der Waals surface area contributed by atoms with Gasteiger partial charge in [0.2, 0.25) is 0 Å². The Labute approximate surface area is 104 Å². The number of aliphatic hydroxyl groups excluding tert-OH is 1. The predicted molar refractivity (Wildman–Crippen MR) is 70.0 cm³/mol. The molecule has 98 valence electrons. The van der Waals surface area contributed by atoms with Crippen molar-refractivity contribution in [1.29, 1.82) is 0 Å². The van der Waals surface area contributed by atoms with E-state index in [0.717, 1.165) is 25.1 Å². The SMILES string of the molecule is CCc1nn(C)c(CC)c1CNC(C)(C)CO. The number of rotatable bonds is 6. The summed E-state index contributed by atoms with van der Waals surface area (Å²) in [5, 5.41) is 17.2. The number of aromatic nitrogens is 2. The quantitative estimate of drug-likeness (QED) is 0.789. The highest BCUT2D eigenvalue weighted by molar-refractivity contribution is 5.26. The van der Waals surface area contributed by atoms with Crippen LogP contribution in [0.5, 0.6) is 0 Å². The summed E-state index contributed by atoms with van der Waals surface area (Å²) in [4.78, 5) is 0. The maximum absolute atomic E-state index is 9.25. The molecular weight excluding hydrogens is 214 g/mol. The monoisotopic (exact) mass is 239 g/mol. The summed E-state index contributed by atoms with van der Waals surface area (Å²) < 4.78 is 1.97. The molecule has 0 spiro atoms. The molecule has 0 aliphatic heterocycles. The molecule has 0 saturated heterocycles. The van der Waals surface area contributed by atoms with Gasteiger partial charge in [0.05, 0.1) is 12.3 Å². The Morgan fingerprint density at radius 1 is 1.29 bits per heavy atom. The van der Waals surface area contributed by atoms with Gasteiger partial charge in [-0.2, -0.15) is 5.10 Å². The van der Waals surface area contributed by atoms with Crippen molar-refractivity contribution in [2.75, 3.05) is 6.61 Å². The fourth-order valence-corrected chi connectivity index (χ4v) is 1.98. The molecule has 0 fully saturated rings. The van der Waals surface area contributed by atoms with Crippen LogP contribution in [0.15, 0.2) is 0 Å². The highest BCUT2D eigenvalue weighted by atomic mass is 16.3. The lowest BCUT2D eigenvalue weighted by atomic mass is 10.0. The van der Waals surface area contributed by atoms with Gasteiger partial charge in [0, 0.05) is 30.4 Å². The molecule has 0 aliphatic carbocycles. The molecule has 1 heterocycles. The minimum Gasteiger partial charge on any atom is -0.394 e. The first-order chi connectivity index (χ1) is 7.95. The topological polar surface area (TPSA) is 50.1 Å². The number of hydrogen-bond acceptors (Lipinski definition) is 3. The molecule has 0 bridgehead atoms. The molecule has 0 aromatic carbocycles. The Kier molecular flexibility index (Phi) is 4.71. The van der Waals surface area contributed by atoms with Crippen molar-refractivity contribution in [3.05, 3.63) is 17.0 Å². The Morgan fingerprint density at radius 3 is 2.41 bits per heavy atom. The lowest BCUT2D eigenvalue weighted by Gasteiger charge is -2.23. The van der Waals surface area contributed by atoms with Crippen LogP contribution < -0.4 is 5.32 Å². The van der Waals surface area contributed by atoms with Crippen LogP contribution in [0.4, 0.5) is 0 Å².